The van der Waals surface area contributed by atoms with Crippen LogP contribution in [0.1, 0.15) is 0 Å². The van der Waals surface area contributed by atoms with Gasteiger partial charge in [-0.05, 0) is 120 Å². The summed E-state index contributed by atoms with van der Waals surface area (Å²) in [5.74, 6) is 0. The molecular formula is C64H41NO. The van der Waals surface area contributed by atoms with E-state index in [4.69, 9.17) is 4.42 Å². The molecule has 0 N–H and O–H groups in total. The summed E-state index contributed by atoms with van der Waals surface area (Å²) in [7, 11) is 0. The molecular weight excluding hydrogens is 799 g/mol. The minimum absolute atomic E-state index is 0.886. The summed E-state index contributed by atoms with van der Waals surface area (Å²) in [6, 6.07) is 90.2. The maximum Gasteiger partial charge on any atom is 0.143 e. The molecule has 2 heteroatoms. The SMILES string of the molecule is c1cc(-c2ccc(N(c3ccc(-c4cccc5c4ccc4ccccc45)cc3)c3ccccc3-c3cccc4c3oc3c5ccccc5ccc43)cc2)cc(-c2ccc3ccccc3c2)c1. The van der Waals surface area contributed by atoms with Crippen LogP contribution in [0.15, 0.2) is 253 Å². The van der Waals surface area contributed by atoms with Crippen molar-refractivity contribution in [3.63, 3.8) is 0 Å². The highest BCUT2D eigenvalue weighted by Crippen LogP contribution is 2.46. The van der Waals surface area contributed by atoms with Crippen LogP contribution in [0.4, 0.5) is 17.1 Å². The summed E-state index contributed by atoms with van der Waals surface area (Å²) in [5, 5.41) is 12.0. The molecule has 308 valence electrons. The van der Waals surface area contributed by atoms with Crippen molar-refractivity contribution in [2.75, 3.05) is 4.90 Å². The van der Waals surface area contributed by atoms with Gasteiger partial charge in [-0.1, -0.05) is 200 Å². The number of para-hydroxylation sites is 2. The van der Waals surface area contributed by atoms with Crippen molar-refractivity contribution in [2.24, 2.45) is 0 Å². The first-order chi connectivity index (χ1) is 32.7. The molecule has 13 aromatic rings. The second-order valence-electron chi connectivity index (χ2n) is 17.2. The van der Waals surface area contributed by atoms with Gasteiger partial charge in [0.15, 0.2) is 0 Å². The van der Waals surface area contributed by atoms with Crippen molar-refractivity contribution in [2.45, 2.75) is 0 Å². The largest absolute Gasteiger partial charge is 0.455 e. The number of nitrogens with zero attached hydrogens (tertiary/aromatic N) is 1. The lowest BCUT2D eigenvalue weighted by molar-refractivity contribution is 0.674. The van der Waals surface area contributed by atoms with E-state index in [-0.39, 0.29) is 0 Å². The molecule has 0 saturated heterocycles. The quantitative estimate of drug-likeness (QED) is 0.149. The van der Waals surface area contributed by atoms with Crippen LogP contribution in [0.3, 0.4) is 0 Å². The van der Waals surface area contributed by atoms with Crippen molar-refractivity contribution < 1.29 is 4.42 Å². The average Bonchev–Trinajstić information content (AvgIpc) is 3.79. The summed E-state index contributed by atoms with van der Waals surface area (Å²) in [4.78, 5) is 2.39. The fraction of sp³-hybridized carbons (Fsp3) is 0. The third kappa shape index (κ3) is 6.34. The zero-order chi connectivity index (χ0) is 43.6. The van der Waals surface area contributed by atoms with E-state index in [0.717, 1.165) is 61.1 Å². The second-order valence-corrected chi connectivity index (χ2v) is 17.2. The van der Waals surface area contributed by atoms with E-state index in [1.165, 1.54) is 65.5 Å². The number of anilines is 3. The van der Waals surface area contributed by atoms with E-state index in [2.05, 4.69) is 254 Å². The van der Waals surface area contributed by atoms with Gasteiger partial charge in [0.25, 0.3) is 0 Å². The normalized spacial score (nSPS) is 11.6. The number of furan rings is 1. The Hall–Kier alpha value is -8.72. The molecule has 0 saturated carbocycles. The molecule has 0 atom stereocenters. The average molecular weight is 840 g/mol. The van der Waals surface area contributed by atoms with Crippen molar-refractivity contribution in [1.29, 1.82) is 0 Å². The van der Waals surface area contributed by atoms with Crippen LogP contribution in [0.25, 0.3) is 110 Å². The van der Waals surface area contributed by atoms with Crippen LogP contribution >= 0.6 is 0 Å². The highest BCUT2D eigenvalue weighted by Gasteiger charge is 2.21. The van der Waals surface area contributed by atoms with Gasteiger partial charge < -0.3 is 9.32 Å². The van der Waals surface area contributed by atoms with Crippen molar-refractivity contribution in [3.8, 4) is 44.5 Å². The highest BCUT2D eigenvalue weighted by atomic mass is 16.3. The Labute approximate surface area is 382 Å². The van der Waals surface area contributed by atoms with E-state index < -0.39 is 0 Å². The molecule has 1 aromatic heterocycles. The minimum atomic E-state index is 0.886. The fourth-order valence-corrected chi connectivity index (χ4v) is 10.2. The zero-order valence-corrected chi connectivity index (χ0v) is 36.0. The van der Waals surface area contributed by atoms with Gasteiger partial charge in [-0.15, -0.1) is 0 Å². The smallest absolute Gasteiger partial charge is 0.143 e. The first kappa shape index (κ1) is 37.8. The van der Waals surface area contributed by atoms with Crippen molar-refractivity contribution in [3.05, 3.63) is 249 Å². The Morgan fingerprint density at radius 2 is 0.742 bits per heavy atom. The van der Waals surface area contributed by atoms with Crippen LogP contribution in [-0.4, -0.2) is 0 Å². The summed E-state index contributed by atoms with van der Waals surface area (Å²) < 4.78 is 6.93. The Bertz CT molecular complexity index is 3990. The van der Waals surface area contributed by atoms with Gasteiger partial charge in [-0.25, -0.2) is 0 Å². The predicted octanol–water partition coefficient (Wildman–Crippen LogP) is 18.3. The summed E-state index contributed by atoms with van der Waals surface area (Å²) in [6.07, 6.45) is 0. The Morgan fingerprint density at radius 1 is 0.242 bits per heavy atom. The van der Waals surface area contributed by atoms with Crippen LogP contribution in [0, 0.1) is 0 Å². The Morgan fingerprint density at radius 3 is 1.53 bits per heavy atom. The topological polar surface area (TPSA) is 16.4 Å². The minimum Gasteiger partial charge on any atom is -0.455 e. The van der Waals surface area contributed by atoms with Gasteiger partial charge in [0.2, 0.25) is 0 Å². The number of rotatable bonds is 7. The molecule has 2 nitrogen and oxygen atoms in total. The van der Waals surface area contributed by atoms with Crippen LogP contribution in [0.2, 0.25) is 0 Å². The van der Waals surface area contributed by atoms with E-state index in [9.17, 15) is 0 Å². The lowest BCUT2D eigenvalue weighted by atomic mass is 9.94. The maximum atomic E-state index is 6.93. The van der Waals surface area contributed by atoms with Crippen LogP contribution < -0.4 is 4.90 Å². The molecule has 0 radical (unpaired) electrons. The van der Waals surface area contributed by atoms with E-state index >= 15 is 0 Å². The molecule has 0 aliphatic heterocycles. The van der Waals surface area contributed by atoms with Crippen molar-refractivity contribution >= 4 is 82.1 Å². The van der Waals surface area contributed by atoms with Gasteiger partial charge >= 0.3 is 0 Å². The molecule has 0 unspecified atom stereocenters. The Kier molecular flexibility index (Phi) is 8.89. The molecule has 12 aromatic carbocycles. The molecule has 1 heterocycles. The monoisotopic (exact) mass is 839 g/mol. The van der Waals surface area contributed by atoms with E-state index in [0.29, 0.717) is 0 Å². The number of hydrogen-bond donors (Lipinski definition) is 0. The van der Waals surface area contributed by atoms with E-state index in [1.807, 2.05) is 0 Å². The summed E-state index contributed by atoms with van der Waals surface area (Å²) in [6.45, 7) is 0. The third-order valence-corrected chi connectivity index (χ3v) is 13.5. The van der Waals surface area contributed by atoms with Gasteiger partial charge in [0, 0.05) is 38.7 Å². The maximum absolute atomic E-state index is 6.93. The van der Waals surface area contributed by atoms with Crippen LogP contribution in [-0.2, 0) is 0 Å². The predicted molar refractivity (Wildman–Crippen MR) is 280 cm³/mol. The lowest BCUT2D eigenvalue weighted by Crippen LogP contribution is -2.11. The van der Waals surface area contributed by atoms with E-state index in [1.54, 1.807) is 0 Å². The number of benzene rings is 12. The standard InChI is InChI=1S/C64H41NO/c1-2-15-47-41-50(27-26-42(47)12-1)49-17-9-16-48(40-49)43-28-34-51(35-29-43)65(52-36-30-46(31-37-52)54-21-10-22-56-53-18-5-3-13-44(53)32-38-57(54)56)62-25-8-7-20-58(62)59-23-11-24-60-61-39-33-45-14-4-6-19-55(45)63(61)66-64(59)60/h1-41H. The van der Waals surface area contributed by atoms with Gasteiger partial charge in [0.1, 0.15) is 11.2 Å². The summed E-state index contributed by atoms with van der Waals surface area (Å²) in [5.41, 5.74) is 14.3. The number of hydrogen-bond acceptors (Lipinski definition) is 2. The Balaban J connectivity index is 0.944. The molecule has 0 aliphatic rings. The summed E-state index contributed by atoms with van der Waals surface area (Å²) >= 11 is 0. The van der Waals surface area contributed by atoms with Crippen molar-refractivity contribution in [1.82, 2.24) is 0 Å². The molecule has 0 fully saturated rings. The molecule has 0 spiro atoms. The van der Waals surface area contributed by atoms with Gasteiger partial charge in [-0.2, -0.15) is 0 Å². The second kappa shape index (κ2) is 15.5. The zero-order valence-electron chi connectivity index (χ0n) is 36.0. The highest BCUT2D eigenvalue weighted by molar-refractivity contribution is 6.18. The molecule has 13 rings (SSSR count). The van der Waals surface area contributed by atoms with Crippen LogP contribution in [0.5, 0.6) is 0 Å². The fourth-order valence-electron chi connectivity index (χ4n) is 10.2. The molecule has 66 heavy (non-hydrogen) atoms. The van der Waals surface area contributed by atoms with Gasteiger partial charge in [-0.3, -0.25) is 0 Å². The molecule has 0 aliphatic carbocycles. The molecule has 0 bridgehead atoms. The third-order valence-electron chi connectivity index (χ3n) is 13.5. The first-order valence-electron chi connectivity index (χ1n) is 22.7. The van der Waals surface area contributed by atoms with Gasteiger partial charge in [0.05, 0.1) is 5.69 Å². The molecule has 0 amide bonds. The lowest BCUT2D eigenvalue weighted by Gasteiger charge is -2.28. The number of fused-ring (bicyclic) bond motifs is 9. The first-order valence-corrected chi connectivity index (χ1v) is 22.7.